The molecule has 0 saturated heterocycles. The Morgan fingerprint density at radius 2 is 1.78 bits per heavy atom. The second-order valence-corrected chi connectivity index (χ2v) is 12.0. The van der Waals surface area contributed by atoms with Gasteiger partial charge in [-0.2, -0.15) is 13.2 Å². The molecule has 0 spiro atoms. The molecular formula is C34H27ClF4N2O5. The molecule has 4 bridgehead atoms. The highest BCUT2D eigenvalue weighted by Gasteiger charge is 2.35. The third-order valence-electron chi connectivity index (χ3n) is 8.33. The van der Waals surface area contributed by atoms with Gasteiger partial charge in [0.2, 0.25) is 5.91 Å². The number of aliphatic carboxylic acids is 1. The van der Waals surface area contributed by atoms with E-state index in [1.165, 1.54) is 18.2 Å². The molecule has 12 heteroatoms. The summed E-state index contributed by atoms with van der Waals surface area (Å²) in [5.74, 6) is -3.46. The molecule has 0 unspecified atom stereocenters. The standard InChI is InChI=1S/C34H27ClF4N2O5/c1-17-3-2-4-28-31(17)19-11-22(18-5-6-18)32(36)24(12-19)27(15-30(43)44)40-33(45)25(23-14-21(46-28)7-8-26(23)35)16-41-10-9-20(13-29(41)42)34(37,38)39/h2-4,7-14,18,25,27H,5-6,15-16H2,1H3,(H,40,45)(H,43,44)/t25-,27+/m0/s1. The summed E-state index contributed by atoms with van der Waals surface area (Å²) in [4.78, 5) is 39.0. The number of hydrogen-bond acceptors (Lipinski definition) is 4. The highest BCUT2D eigenvalue weighted by Crippen LogP contribution is 2.47. The maximum Gasteiger partial charge on any atom is 0.416 e. The van der Waals surface area contributed by atoms with Crippen LogP contribution < -0.4 is 15.6 Å². The van der Waals surface area contributed by atoms with Crippen molar-refractivity contribution >= 4 is 23.5 Å². The van der Waals surface area contributed by atoms with Gasteiger partial charge < -0.3 is 19.7 Å². The third kappa shape index (κ3) is 6.24. The van der Waals surface area contributed by atoms with Crippen LogP contribution in [0.2, 0.25) is 5.02 Å². The number of hydrogen-bond donors (Lipinski definition) is 2. The second-order valence-electron chi connectivity index (χ2n) is 11.6. The van der Waals surface area contributed by atoms with Crippen molar-refractivity contribution in [1.82, 2.24) is 9.88 Å². The number of ether oxygens (including phenoxy) is 1. The largest absolute Gasteiger partial charge is 0.481 e. The number of aromatic nitrogens is 1. The maximum atomic E-state index is 16.2. The molecule has 1 aliphatic carbocycles. The number of rotatable bonds is 5. The lowest BCUT2D eigenvalue weighted by molar-refractivity contribution is -0.139. The lowest BCUT2D eigenvalue weighted by Gasteiger charge is -2.25. The zero-order valence-electron chi connectivity index (χ0n) is 24.3. The summed E-state index contributed by atoms with van der Waals surface area (Å²) in [6.45, 7) is 1.40. The molecule has 0 radical (unpaired) electrons. The number of carbonyl (C=O) groups excluding carboxylic acids is 1. The highest BCUT2D eigenvalue weighted by molar-refractivity contribution is 6.31. The molecule has 1 aromatic heterocycles. The molecule has 4 aromatic rings. The lowest BCUT2D eigenvalue weighted by atomic mass is 9.90. The lowest BCUT2D eigenvalue weighted by Crippen LogP contribution is -2.37. The summed E-state index contributed by atoms with van der Waals surface area (Å²) in [6.07, 6.45) is -3.00. The number of aryl methyl sites for hydroxylation is 1. The fourth-order valence-electron chi connectivity index (χ4n) is 5.87. The Kier molecular flexibility index (Phi) is 8.14. The second kappa shape index (κ2) is 11.9. The number of halogens is 5. The quantitative estimate of drug-likeness (QED) is 0.215. The van der Waals surface area contributed by atoms with Crippen LogP contribution in [0.5, 0.6) is 11.5 Å². The van der Waals surface area contributed by atoms with Crippen molar-refractivity contribution in [1.29, 1.82) is 0 Å². The molecule has 6 rings (SSSR count). The summed E-state index contributed by atoms with van der Waals surface area (Å²) >= 11 is 6.57. The fourth-order valence-corrected chi connectivity index (χ4v) is 6.12. The summed E-state index contributed by atoms with van der Waals surface area (Å²) < 4.78 is 63.3. The normalized spacial score (nSPS) is 17.9. The van der Waals surface area contributed by atoms with Crippen LogP contribution in [0.4, 0.5) is 17.6 Å². The van der Waals surface area contributed by atoms with Crippen LogP contribution in [0.25, 0.3) is 11.1 Å². The van der Waals surface area contributed by atoms with Gasteiger partial charge in [0.1, 0.15) is 17.3 Å². The summed E-state index contributed by atoms with van der Waals surface area (Å²) in [5, 5.41) is 12.6. The number of amides is 1. The molecule has 1 saturated carbocycles. The van der Waals surface area contributed by atoms with Gasteiger partial charge in [-0.3, -0.25) is 14.4 Å². The van der Waals surface area contributed by atoms with E-state index in [1.54, 1.807) is 24.3 Å². The number of carboxylic acids is 1. The van der Waals surface area contributed by atoms with E-state index in [0.717, 1.165) is 29.2 Å². The van der Waals surface area contributed by atoms with Crippen molar-refractivity contribution in [2.75, 3.05) is 0 Å². The summed E-state index contributed by atoms with van der Waals surface area (Å²) in [6, 6.07) is 13.0. The van der Waals surface area contributed by atoms with Gasteiger partial charge in [0.05, 0.1) is 23.9 Å². The summed E-state index contributed by atoms with van der Waals surface area (Å²) in [7, 11) is 0. The number of benzene rings is 3. The zero-order chi connectivity index (χ0) is 32.9. The van der Waals surface area contributed by atoms with Gasteiger partial charge in [-0.05, 0) is 90.4 Å². The molecule has 3 aromatic carbocycles. The van der Waals surface area contributed by atoms with Gasteiger partial charge in [-0.1, -0.05) is 23.7 Å². The van der Waals surface area contributed by atoms with E-state index in [0.29, 0.717) is 34.6 Å². The van der Waals surface area contributed by atoms with E-state index >= 15 is 4.39 Å². The van der Waals surface area contributed by atoms with Crippen LogP contribution in [0.1, 0.15) is 65.0 Å². The van der Waals surface area contributed by atoms with E-state index in [1.807, 2.05) is 13.0 Å². The Balaban J connectivity index is 1.56. The number of fused-ring (bicyclic) bond motifs is 6. The minimum Gasteiger partial charge on any atom is -0.481 e. The van der Waals surface area contributed by atoms with Gasteiger partial charge in [0, 0.05) is 35.0 Å². The Bertz CT molecular complexity index is 1940. The third-order valence-corrected chi connectivity index (χ3v) is 8.67. The van der Waals surface area contributed by atoms with Gasteiger partial charge in [0.15, 0.2) is 0 Å². The average molecular weight is 655 g/mol. The van der Waals surface area contributed by atoms with E-state index in [2.05, 4.69) is 5.32 Å². The topological polar surface area (TPSA) is 97.6 Å². The van der Waals surface area contributed by atoms with E-state index in [9.17, 15) is 32.7 Å². The number of pyridine rings is 1. The van der Waals surface area contributed by atoms with Gasteiger partial charge in [0.25, 0.3) is 5.56 Å². The van der Waals surface area contributed by atoms with Crippen LogP contribution in [-0.4, -0.2) is 21.6 Å². The van der Waals surface area contributed by atoms with Crippen LogP contribution in [0.15, 0.2) is 71.7 Å². The Hall–Kier alpha value is -4.64. The SMILES string of the molecule is Cc1cccc2c1-c1cc(C3CC3)c(F)c(c1)[C@@H](CC(=O)O)NC(=O)[C@@H](Cn1ccc(C(F)(F)F)cc1=O)c1cc(ccc1Cl)O2. The van der Waals surface area contributed by atoms with Crippen LogP contribution in [0.3, 0.4) is 0 Å². The van der Waals surface area contributed by atoms with Crippen molar-refractivity contribution in [3.63, 3.8) is 0 Å². The van der Waals surface area contributed by atoms with E-state index < -0.39 is 59.9 Å². The Morgan fingerprint density at radius 1 is 1.04 bits per heavy atom. The summed E-state index contributed by atoms with van der Waals surface area (Å²) in [5.41, 5.74) is 0.389. The van der Waals surface area contributed by atoms with Gasteiger partial charge >= 0.3 is 12.1 Å². The predicted molar refractivity (Wildman–Crippen MR) is 162 cm³/mol. The Morgan fingerprint density at radius 3 is 2.46 bits per heavy atom. The minimum absolute atomic E-state index is 0.0353. The molecule has 1 amide bonds. The smallest absolute Gasteiger partial charge is 0.416 e. The molecule has 2 aliphatic rings. The molecule has 1 aliphatic heterocycles. The average Bonchev–Trinajstić information content (AvgIpc) is 3.82. The molecule has 2 N–H and O–H groups in total. The van der Waals surface area contributed by atoms with Crippen LogP contribution in [0, 0.1) is 12.7 Å². The number of nitrogens with one attached hydrogen (secondary N) is 1. The van der Waals surface area contributed by atoms with Gasteiger partial charge in [-0.25, -0.2) is 4.39 Å². The van der Waals surface area contributed by atoms with Gasteiger partial charge in [-0.15, -0.1) is 0 Å². The molecular weight excluding hydrogens is 628 g/mol. The van der Waals surface area contributed by atoms with Crippen molar-refractivity contribution in [3.8, 4) is 22.6 Å². The number of nitrogens with zero attached hydrogens (tertiary/aromatic N) is 1. The predicted octanol–water partition coefficient (Wildman–Crippen LogP) is 7.73. The molecule has 1 fully saturated rings. The Labute approximate surface area is 265 Å². The molecule has 46 heavy (non-hydrogen) atoms. The molecule has 2 heterocycles. The number of alkyl halides is 3. The first-order valence-electron chi connectivity index (χ1n) is 14.5. The monoisotopic (exact) mass is 654 g/mol. The van der Waals surface area contributed by atoms with E-state index in [-0.39, 0.29) is 27.8 Å². The number of carbonyl (C=O) groups is 2. The maximum absolute atomic E-state index is 16.2. The van der Waals surface area contributed by atoms with E-state index in [4.69, 9.17) is 16.3 Å². The first kappa shape index (κ1) is 31.3. The first-order valence-corrected chi connectivity index (χ1v) is 14.9. The molecule has 7 nitrogen and oxygen atoms in total. The zero-order valence-corrected chi connectivity index (χ0v) is 25.1. The molecule has 238 valence electrons. The van der Waals surface area contributed by atoms with Crippen LogP contribution >= 0.6 is 11.6 Å². The van der Waals surface area contributed by atoms with Crippen LogP contribution in [-0.2, 0) is 22.3 Å². The van der Waals surface area contributed by atoms with Crippen molar-refractivity contribution < 1.29 is 37.0 Å². The first-order chi connectivity index (χ1) is 21.8. The van der Waals surface area contributed by atoms with Crippen molar-refractivity contribution in [2.45, 2.75) is 56.8 Å². The fraction of sp³-hybridized carbons (Fsp3) is 0.265. The van der Waals surface area contributed by atoms with Crippen molar-refractivity contribution in [3.05, 3.63) is 116 Å². The highest BCUT2D eigenvalue weighted by atomic mass is 35.5. The molecule has 2 atom stereocenters. The minimum atomic E-state index is -4.76. The van der Waals surface area contributed by atoms with Crippen molar-refractivity contribution in [2.24, 2.45) is 0 Å². The number of carboxylic acid groups (broad SMARTS) is 1.